The van der Waals surface area contributed by atoms with Gasteiger partial charge in [-0.1, -0.05) is 0 Å². The summed E-state index contributed by atoms with van der Waals surface area (Å²) in [5.74, 6) is 1.67. The first kappa shape index (κ1) is 16.1. The van der Waals surface area contributed by atoms with Gasteiger partial charge in [0.2, 0.25) is 0 Å². The van der Waals surface area contributed by atoms with Gasteiger partial charge in [0.25, 0.3) is 0 Å². The van der Waals surface area contributed by atoms with Crippen molar-refractivity contribution in [2.75, 3.05) is 11.9 Å². The Morgan fingerprint density at radius 2 is 2.00 bits per heavy atom. The molecule has 0 unspecified atom stereocenters. The molecule has 0 aromatic carbocycles. The van der Waals surface area contributed by atoms with Gasteiger partial charge in [-0.15, -0.1) is 22.7 Å². The van der Waals surface area contributed by atoms with E-state index >= 15 is 0 Å². The average Bonchev–Trinajstić information content (AvgIpc) is 3.23. The van der Waals surface area contributed by atoms with E-state index in [2.05, 4.69) is 35.8 Å². The Balaban J connectivity index is 1.88. The van der Waals surface area contributed by atoms with Gasteiger partial charge in [0.15, 0.2) is 5.82 Å². The zero-order valence-electron chi connectivity index (χ0n) is 14.2. The Bertz CT molecular complexity index is 1010. The molecule has 126 valence electrons. The SMILES string of the molecule is Cc1sc2nc(-c3cccnc3)nc(N(C)Cc3cncs3)c2c1C. The minimum absolute atomic E-state index is 0.716. The van der Waals surface area contributed by atoms with Crippen LogP contribution in [0.2, 0.25) is 0 Å². The Morgan fingerprint density at radius 1 is 1.12 bits per heavy atom. The van der Waals surface area contributed by atoms with Crippen molar-refractivity contribution < 1.29 is 0 Å². The molecular formula is C18H17N5S2. The molecule has 0 fully saturated rings. The smallest absolute Gasteiger partial charge is 0.164 e. The van der Waals surface area contributed by atoms with E-state index in [9.17, 15) is 0 Å². The third kappa shape index (κ3) is 3.01. The number of hydrogen-bond acceptors (Lipinski definition) is 7. The zero-order chi connectivity index (χ0) is 17.4. The van der Waals surface area contributed by atoms with Crippen molar-refractivity contribution in [1.82, 2.24) is 19.9 Å². The normalized spacial score (nSPS) is 11.2. The van der Waals surface area contributed by atoms with Crippen LogP contribution in [-0.4, -0.2) is 27.0 Å². The average molecular weight is 368 g/mol. The molecular weight excluding hydrogens is 350 g/mol. The Hall–Kier alpha value is -2.38. The van der Waals surface area contributed by atoms with Crippen LogP contribution >= 0.6 is 22.7 Å². The molecule has 0 aliphatic carbocycles. The highest BCUT2D eigenvalue weighted by Crippen LogP contribution is 2.36. The Labute approximate surface area is 154 Å². The lowest BCUT2D eigenvalue weighted by Gasteiger charge is -2.19. The van der Waals surface area contributed by atoms with Gasteiger partial charge in [-0.3, -0.25) is 9.97 Å². The van der Waals surface area contributed by atoms with Crippen LogP contribution in [0.4, 0.5) is 5.82 Å². The first-order chi connectivity index (χ1) is 12.1. The summed E-state index contributed by atoms with van der Waals surface area (Å²) in [6, 6.07) is 3.91. The van der Waals surface area contributed by atoms with Gasteiger partial charge in [-0.25, -0.2) is 9.97 Å². The molecule has 0 saturated heterocycles. The Kier molecular flexibility index (Phi) is 4.19. The Morgan fingerprint density at radius 3 is 2.72 bits per heavy atom. The summed E-state index contributed by atoms with van der Waals surface area (Å²) in [5, 5.41) is 1.14. The van der Waals surface area contributed by atoms with Crippen molar-refractivity contribution in [1.29, 1.82) is 0 Å². The minimum atomic E-state index is 0.716. The third-order valence-corrected chi connectivity index (χ3v) is 6.03. The van der Waals surface area contributed by atoms with Crippen LogP contribution in [0.3, 0.4) is 0 Å². The fourth-order valence-corrected chi connectivity index (χ4v) is 4.43. The summed E-state index contributed by atoms with van der Waals surface area (Å²) in [4.78, 5) is 23.8. The molecule has 0 radical (unpaired) electrons. The molecule has 4 heterocycles. The van der Waals surface area contributed by atoms with Crippen molar-refractivity contribution in [2.24, 2.45) is 0 Å². The van der Waals surface area contributed by atoms with E-state index in [1.807, 2.05) is 30.0 Å². The molecule has 0 spiro atoms. The number of aromatic nitrogens is 4. The molecule has 25 heavy (non-hydrogen) atoms. The first-order valence-corrected chi connectivity index (χ1v) is 9.59. The minimum Gasteiger partial charge on any atom is -0.354 e. The molecule has 4 aromatic rings. The molecule has 0 N–H and O–H groups in total. The van der Waals surface area contributed by atoms with E-state index in [-0.39, 0.29) is 0 Å². The molecule has 0 amide bonds. The lowest BCUT2D eigenvalue weighted by molar-refractivity contribution is 0.913. The zero-order valence-corrected chi connectivity index (χ0v) is 15.9. The molecule has 0 bridgehead atoms. The topological polar surface area (TPSA) is 54.8 Å². The lowest BCUT2D eigenvalue weighted by atomic mass is 10.2. The number of hydrogen-bond donors (Lipinski definition) is 0. The van der Waals surface area contributed by atoms with E-state index in [1.54, 1.807) is 28.9 Å². The van der Waals surface area contributed by atoms with E-state index in [0.29, 0.717) is 5.82 Å². The van der Waals surface area contributed by atoms with Gasteiger partial charge in [-0.2, -0.15) is 0 Å². The van der Waals surface area contributed by atoms with Crippen LogP contribution in [0, 0.1) is 13.8 Å². The van der Waals surface area contributed by atoms with E-state index < -0.39 is 0 Å². The van der Waals surface area contributed by atoms with Crippen LogP contribution < -0.4 is 4.90 Å². The van der Waals surface area contributed by atoms with Crippen molar-refractivity contribution >= 4 is 38.7 Å². The van der Waals surface area contributed by atoms with Crippen LogP contribution in [0.1, 0.15) is 15.3 Å². The summed E-state index contributed by atoms with van der Waals surface area (Å²) >= 11 is 3.38. The molecule has 4 rings (SSSR count). The number of nitrogens with zero attached hydrogens (tertiary/aromatic N) is 5. The second-order valence-electron chi connectivity index (χ2n) is 5.90. The first-order valence-electron chi connectivity index (χ1n) is 7.90. The monoisotopic (exact) mass is 367 g/mol. The van der Waals surface area contributed by atoms with E-state index in [0.717, 1.165) is 28.1 Å². The second kappa shape index (κ2) is 6.50. The summed E-state index contributed by atoms with van der Waals surface area (Å²) in [6.07, 6.45) is 5.48. The molecule has 0 atom stereocenters. The third-order valence-electron chi connectivity index (χ3n) is 4.17. The number of thiophene rings is 1. The molecule has 4 aromatic heterocycles. The lowest BCUT2D eigenvalue weighted by Crippen LogP contribution is -2.18. The van der Waals surface area contributed by atoms with Crippen LogP contribution in [-0.2, 0) is 6.54 Å². The predicted octanol–water partition coefficient (Wildman–Crippen LogP) is 4.46. The van der Waals surface area contributed by atoms with Crippen molar-refractivity contribution in [3.63, 3.8) is 0 Å². The molecule has 0 saturated carbocycles. The van der Waals surface area contributed by atoms with Gasteiger partial charge >= 0.3 is 0 Å². The maximum atomic E-state index is 4.89. The fourth-order valence-electron chi connectivity index (χ4n) is 2.76. The van der Waals surface area contributed by atoms with Crippen LogP contribution in [0.5, 0.6) is 0 Å². The number of thiazole rings is 1. The van der Waals surface area contributed by atoms with Crippen molar-refractivity contribution in [2.45, 2.75) is 20.4 Å². The standard InChI is InChI=1S/C18H17N5S2/c1-11-12(2)25-18-15(11)17(23(3)9-14-8-20-10-24-14)21-16(22-18)13-5-4-6-19-7-13/h4-8,10H,9H2,1-3H3. The number of pyridine rings is 1. The quantitative estimate of drug-likeness (QED) is 0.533. The summed E-state index contributed by atoms with van der Waals surface area (Å²) in [7, 11) is 2.07. The van der Waals surface area contributed by atoms with Crippen LogP contribution in [0.15, 0.2) is 36.2 Å². The van der Waals surface area contributed by atoms with Crippen molar-refractivity contribution in [3.8, 4) is 11.4 Å². The number of aryl methyl sites for hydroxylation is 2. The summed E-state index contributed by atoms with van der Waals surface area (Å²) in [5.41, 5.74) is 4.05. The number of rotatable bonds is 4. The highest BCUT2D eigenvalue weighted by Gasteiger charge is 2.18. The highest BCUT2D eigenvalue weighted by atomic mass is 32.1. The van der Waals surface area contributed by atoms with Crippen LogP contribution in [0.25, 0.3) is 21.6 Å². The predicted molar refractivity (Wildman–Crippen MR) is 104 cm³/mol. The highest BCUT2D eigenvalue weighted by molar-refractivity contribution is 7.18. The maximum Gasteiger partial charge on any atom is 0.164 e. The summed E-state index contributed by atoms with van der Waals surface area (Å²) in [6.45, 7) is 5.06. The van der Waals surface area contributed by atoms with Gasteiger partial charge in [0.05, 0.1) is 17.4 Å². The molecule has 0 aliphatic rings. The van der Waals surface area contributed by atoms with Gasteiger partial charge in [0.1, 0.15) is 10.6 Å². The fraction of sp³-hybridized carbons (Fsp3) is 0.222. The second-order valence-corrected chi connectivity index (χ2v) is 8.07. The van der Waals surface area contributed by atoms with Gasteiger partial charge in [-0.05, 0) is 31.5 Å². The number of fused-ring (bicyclic) bond motifs is 1. The molecule has 0 aliphatic heterocycles. The van der Waals surface area contributed by atoms with E-state index in [1.165, 1.54) is 15.3 Å². The van der Waals surface area contributed by atoms with Gasteiger partial charge in [0, 0.05) is 41.0 Å². The molecule has 5 nitrogen and oxygen atoms in total. The molecule has 7 heteroatoms. The van der Waals surface area contributed by atoms with Crippen molar-refractivity contribution in [3.05, 3.63) is 51.6 Å². The largest absolute Gasteiger partial charge is 0.354 e. The summed E-state index contributed by atoms with van der Waals surface area (Å²) < 4.78 is 0. The van der Waals surface area contributed by atoms with E-state index in [4.69, 9.17) is 9.97 Å². The van der Waals surface area contributed by atoms with Gasteiger partial charge < -0.3 is 4.90 Å². The maximum absolute atomic E-state index is 4.89. The number of anilines is 1.